The van der Waals surface area contributed by atoms with Gasteiger partial charge in [0.15, 0.2) is 0 Å². The van der Waals surface area contributed by atoms with Crippen LogP contribution in [0.5, 0.6) is 0 Å². The van der Waals surface area contributed by atoms with Crippen molar-refractivity contribution in [3.05, 3.63) is 58.9 Å². The molecule has 21 heavy (non-hydrogen) atoms. The number of carbonyl (C=O) groups is 1. The molecule has 2 aromatic rings. The molecule has 0 saturated carbocycles. The SMILES string of the molecule is O=C(Nc1ccc(F)c(Cl)c1)N1CCCc2ccccc21. The summed E-state index contributed by atoms with van der Waals surface area (Å²) in [6.07, 6.45) is 1.90. The van der Waals surface area contributed by atoms with Crippen molar-refractivity contribution in [2.24, 2.45) is 0 Å². The van der Waals surface area contributed by atoms with Gasteiger partial charge < -0.3 is 5.32 Å². The molecule has 1 aliphatic heterocycles. The molecule has 3 nitrogen and oxygen atoms in total. The summed E-state index contributed by atoms with van der Waals surface area (Å²) in [5.74, 6) is -0.502. The third-order valence-corrected chi connectivity index (χ3v) is 3.82. The molecule has 1 N–H and O–H groups in total. The first-order valence-corrected chi connectivity index (χ1v) is 7.14. The number of nitrogens with zero attached hydrogens (tertiary/aromatic N) is 1. The van der Waals surface area contributed by atoms with Gasteiger partial charge >= 0.3 is 6.03 Å². The summed E-state index contributed by atoms with van der Waals surface area (Å²) in [5.41, 5.74) is 2.57. The van der Waals surface area contributed by atoms with Gasteiger partial charge in [0.1, 0.15) is 5.82 Å². The molecule has 0 bridgehead atoms. The Balaban J connectivity index is 1.81. The number of halogens is 2. The topological polar surface area (TPSA) is 32.3 Å². The number of urea groups is 1. The lowest BCUT2D eigenvalue weighted by atomic mass is 10.0. The van der Waals surface area contributed by atoms with Crippen molar-refractivity contribution < 1.29 is 9.18 Å². The van der Waals surface area contributed by atoms with E-state index in [0.29, 0.717) is 12.2 Å². The lowest BCUT2D eigenvalue weighted by molar-refractivity contribution is 0.256. The van der Waals surface area contributed by atoms with E-state index >= 15 is 0 Å². The molecule has 2 amide bonds. The van der Waals surface area contributed by atoms with Crippen molar-refractivity contribution in [1.29, 1.82) is 0 Å². The Hall–Kier alpha value is -2.07. The standard InChI is InChI=1S/C16H14ClFN2O/c17-13-10-12(7-8-14(13)18)19-16(21)20-9-3-5-11-4-1-2-6-15(11)20/h1-2,4,6-8,10H,3,5,9H2,(H,19,21). The summed E-state index contributed by atoms with van der Waals surface area (Å²) in [6.45, 7) is 0.664. The van der Waals surface area contributed by atoms with Crippen molar-refractivity contribution in [2.45, 2.75) is 12.8 Å². The summed E-state index contributed by atoms with van der Waals surface area (Å²) >= 11 is 5.72. The van der Waals surface area contributed by atoms with Crippen molar-refractivity contribution in [2.75, 3.05) is 16.8 Å². The van der Waals surface area contributed by atoms with E-state index in [4.69, 9.17) is 11.6 Å². The monoisotopic (exact) mass is 304 g/mol. The Morgan fingerprint density at radius 3 is 2.86 bits per heavy atom. The second kappa shape index (κ2) is 5.74. The number of rotatable bonds is 1. The Morgan fingerprint density at radius 2 is 2.05 bits per heavy atom. The van der Waals surface area contributed by atoms with Crippen LogP contribution in [0.3, 0.4) is 0 Å². The number of fused-ring (bicyclic) bond motifs is 1. The highest BCUT2D eigenvalue weighted by molar-refractivity contribution is 6.31. The lowest BCUT2D eigenvalue weighted by Gasteiger charge is -2.29. The smallest absolute Gasteiger partial charge is 0.307 e. The molecule has 0 radical (unpaired) electrons. The first-order valence-electron chi connectivity index (χ1n) is 6.76. The molecule has 1 heterocycles. The Kier molecular flexibility index (Phi) is 3.80. The fourth-order valence-corrected chi connectivity index (χ4v) is 2.69. The zero-order chi connectivity index (χ0) is 14.8. The average Bonchev–Trinajstić information content (AvgIpc) is 2.50. The molecule has 5 heteroatoms. The third-order valence-electron chi connectivity index (χ3n) is 3.53. The molecule has 0 fully saturated rings. The molecule has 108 valence electrons. The van der Waals surface area contributed by atoms with E-state index in [1.165, 1.54) is 18.2 Å². The highest BCUT2D eigenvalue weighted by Gasteiger charge is 2.22. The minimum absolute atomic E-state index is 0.00755. The Bertz CT molecular complexity index is 690. The molecule has 0 saturated heterocycles. The zero-order valence-electron chi connectivity index (χ0n) is 11.3. The van der Waals surface area contributed by atoms with Crippen LogP contribution in [0.4, 0.5) is 20.6 Å². The van der Waals surface area contributed by atoms with Crippen LogP contribution in [-0.4, -0.2) is 12.6 Å². The van der Waals surface area contributed by atoms with Crippen molar-refractivity contribution in [3.8, 4) is 0 Å². The van der Waals surface area contributed by atoms with Crippen LogP contribution in [-0.2, 0) is 6.42 Å². The van der Waals surface area contributed by atoms with E-state index in [9.17, 15) is 9.18 Å². The molecule has 0 spiro atoms. The van der Waals surface area contributed by atoms with E-state index in [0.717, 1.165) is 24.1 Å². The quantitative estimate of drug-likeness (QED) is 0.828. The van der Waals surface area contributed by atoms with Crippen LogP contribution in [0.15, 0.2) is 42.5 Å². The summed E-state index contributed by atoms with van der Waals surface area (Å²) in [5, 5.41) is 2.75. The molecule has 0 aliphatic carbocycles. The highest BCUT2D eigenvalue weighted by atomic mass is 35.5. The van der Waals surface area contributed by atoms with Crippen LogP contribution in [0.2, 0.25) is 5.02 Å². The highest BCUT2D eigenvalue weighted by Crippen LogP contribution is 2.27. The number of hydrogen-bond donors (Lipinski definition) is 1. The van der Waals surface area contributed by atoms with Gasteiger partial charge in [0, 0.05) is 17.9 Å². The van der Waals surface area contributed by atoms with Gasteiger partial charge in [-0.1, -0.05) is 29.8 Å². The number of hydrogen-bond acceptors (Lipinski definition) is 1. The van der Waals surface area contributed by atoms with Crippen LogP contribution in [0.25, 0.3) is 0 Å². The van der Waals surface area contributed by atoms with E-state index in [1.54, 1.807) is 4.90 Å². The van der Waals surface area contributed by atoms with Gasteiger partial charge in [-0.05, 0) is 42.7 Å². The summed E-state index contributed by atoms with van der Waals surface area (Å²) < 4.78 is 13.1. The van der Waals surface area contributed by atoms with Crippen LogP contribution in [0.1, 0.15) is 12.0 Å². The molecule has 0 unspecified atom stereocenters. The molecule has 2 aromatic carbocycles. The number of amides is 2. The lowest BCUT2D eigenvalue weighted by Crippen LogP contribution is -2.38. The second-order valence-electron chi connectivity index (χ2n) is 4.94. The fraction of sp³-hybridized carbons (Fsp3) is 0.188. The number of anilines is 2. The number of para-hydroxylation sites is 1. The van der Waals surface area contributed by atoms with Crippen molar-refractivity contribution in [1.82, 2.24) is 0 Å². The molecular weight excluding hydrogens is 291 g/mol. The summed E-state index contributed by atoms with van der Waals surface area (Å²) in [4.78, 5) is 14.1. The van der Waals surface area contributed by atoms with E-state index in [2.05, 4.69) is 5.32 Å². The number of carbonyl (C=O) groups excluding carboxylic acids is 1. The Labute approximate surface area is 127 Å². The Morgan fingerprint density at radius 1 is 1.24 bits per heavy atom. The normalized spacial score (nSPS) is 13.7. The maximum Gasteiger partial charge on any atom is 0.326 e. The van der Waals surface area contributed by atoms with E-state index < -0.39 is 5.82 Å². The molecule has 3 rings (SSSR count). The predicted molar refractivity (Wildman–Crippen MR) is 82.5 cm³/mol. The number of aryl methyl sites for hydroxylation is 1. The second-order valence-corrected chi connectivity index (χ2v) is 5.35. The summed E-state index contributed by atoms with van der Waals surface area (Å²) in [7, 11) is 0. The van der Waals surface area contributed by atoms with Gasteiger partial charge in [-0.3, -0.25) is 4.90 Å². The third kappa shape index (κ3) is 2.85. The largest absolute Gasteiger partial charge is 0.326 e. The van der Waals surface area contributed by atoms with Crippen LogP contribution < -0.4 is 10.2 Å². The molecule has 0 aromatic heterocycles. The van der Waals surface area contributed by atoms with E-state index in [-0.39, 0.29) is 11.1 Å². The number of benzene rings is 2. The molecular formula is C16H14ClFN2O. The van der Waals surface area contributed by atoms with Gasteiger partial charge in [-0.2, -0.15) is 0 Å². The minimum atomic E-state index is -0.502. The first kappa shape index (κ1) is 13.9. The van der Waals surface area contributed by atoms with Crippen LogP contribution >= 0.6 is 11.6 Å². The van der Waals surface area contributed by atoms with Gasteiger partial charge in [0.25, 0.3) is 0 Å². The molecule has 0 atom stereocenters. The van der Waals surface area contributed by atoms with E-state index in [1.807, 2.05) is 24.3 Å². The maximum atomic E-state index is 13.1. The fourth-order valence-electron chi connectivity index (χ4n) is 2.51. The van der Waals surface area contributed by atoms with Crippen LogP contribution in [0, 0.1) is 5.82 Å². The minimum Gasteiger partial charge on any atom is -0.307 e. The van der Waals surface area contributed by atoms with Gasteiger partial charge in [0.05, 0.1) is 5.02 Å². The predicted octanol–water partition coefficient (Wildman–Crippen LogP) is 4.46. The number of nitrogens with one attached hydrogen (secondary N) is 1. The average molecular weight is 305 g/mol. The summed E-state index contributed by atoms with van der Waals surface area (Å²) in [6, 6.07) is 11.8. The maximum absolute atomic E-state index is 13.1. The molecule has 1 aliphatic rings. The van der Waals surface area contributed by atoms with Crippen molar-refractivity contribution in [3.63, 3.8) is 0 Å². The van der Waals surface area contributed by atoms with Gasteiger partial charge in [-0.15, -0.1) is 0 Å². The zero-order valence-corrected chi connectivity index (χ0v) is 12.0. The van der Waals surface area contributed by atoms with Crippen molar-refractivity contribution >= 4 is 29.0 Å². The van der Waals surface area contributed by atoms with Gasteiger partial charge in [0.2, 0.25) is 0 Å². The first-order chi connectivity index (χ1) is 10.1. The van der Waals surface area contributed by atoms with Gasteiger partial charge in [-0.25, -0.2) is 9.18 Å².